The van der Waals surface area contributed by atoms with Crippen LogP contribution in [-0.4, -0.2) is 37.2 Å². The van der Waals surface area contributed by atoms with Gasteiger partial charge in [-0.25, -0.2) is 0 Å². The molecule has 0 aliphatic heterocycles. The molecule has 1 unspecified atom stereocenters. The van der Waals surface area contributed by atoms with Crippen LogP contribution in [0.3, 0.4) is 0 Å². The first-order valence-corrected chi connectivity index (χ1v) is 29.5. The SMILES string of the molecule is CC/C=C\C/C=C\C/C=C\C/C=C\C/C=C\C/C=C\CCC(=O)OC(COC(=O)CCCCCCCC)COC(=O)CCCCCCCCCCCCCCCCCC/C=C\C/C=C\C/C=C\C/C=C\CC. The number of hydrogen-bond acceptors (Lipinski definition) is 6. The third-order valence-electron chi connectivity index (χ3n) is 12.2. The minimum Gasteiger partial charge on any atom is -0.462 e. The Morgan fingerprint density at radius 3 is 0.903 bits per heavy atom. The van der Waals surface area contributed by atoms with E-state index in [4.69, 9.17) is 14.2 Å². The standard InChI is InChI=1S/C66H108O6/c1-4-7-10-13-16-18-20-22-24-26-28-29-30-31-32-33-34-35-36-37-39-40-42-44-46-48-50-53-56-59-65(68)71-62-63(61-70-64(67)58-55-52-15-12-9-6-3)72-66(69)60-57-54-51-49-47-45-43-41-38-27-25-23-21-19-17-14-11-8-5-2/h7-8,10-11,16-19,22-25,28-29,38,41,45,47,51,54,63H,4-6,9,12-15,20-21,26-27,30-37,39-40,42-44,46,48-50,52-53,55-62H2,1-3H3/b10-7-,11-8-,18-16-,19-17-,24-22-,25-23-,29-28-,41-38-,47-45-,54-51-. The first-order chi connectivity index (χ1) is 35.5. The van der Waals surface area contributed by atoms with Gasteiger partial charge in [0.05, 0.1) is 0 Å². The number of unbranched alkanes of at least 4 members (excludes halogenated alkanes) is 21. The summed E-state index contributed by atoms with van der Waals surface area (Å²) in [6.07, 6.45) is 82.5. The zero-order valence-corrected chi connectivity index (χ0v) is 46.7. The fourth-order valence-corrected chi connectivity index (χ4v) is 7.87. The largest absolute Gasteiger partial charge is 0.462 e. The first-order valence-electron chi connectivity index (χ1n) is 29.5. The predicted molar refractivity (Wildman–Crippen MR) is 311 cm³/mol. The number of carbonyl (C=O) groups is 3. The summed E-state index contributed by atoms with van der Waals surface area (Å²) in [6.45, 7) is 6.29. The van der Waals surface area contributed by atoms with Crippen LogP contribution in [0.1, 0.15) is 258 Å². The maximum atomic E-state index is 12.8. The van der Waals surface area contributed by atoms with Gasteiger partial charge in [0, 0.05) is 19.3 Å². The van der Waals surface area contributed by atoms with E-state index in [1.54, 1.807) is 0 Å². The molecule has 0 bridgehead atoms. The van der Waals surface area contributed by atoms with Gasteiger partial charge in [-0.1, -0.05) is 264 Å². The molecule has 0 saturated heterocycles. The summed E-state index contributed by atoms with van der Waals surface area (Å²) in [5, 5.41) is 0. The highest BCUT2D eigenvalue weighted by Crippen LogP contribution is 2.15. The van der Waals surface area contributed by atoms with Gasteiger partial charge in [-0.2, -0.15) is 0 Å². The first kappa shape index (κ1) is 67.8. The smallest absolute Gasteiger partial charge is 0.306 e. The van der Waals surface area contributed by atoms with Crippen molar-refractivity contribution in [2.45, 2.75) is 264 Å². The van der Waals surface area contributed by atoms with Gasteiger partial charge in [0.15, 0.2) is 6.10 Å². The minimum absolute atomic E-state index is 0.109. The highest BCUT2D eigenvalue weighted by molar-refractivity contribution is 5.71. The van der Waals surface area contributed by atoms with Gasteiger partial charge < -0.3 is 14.2 Å². The fourth-order valence-electron chi connectivity index (χ4n) is 7.87. The van der Waals surface area contributed by atoms with Gasteiger partial charge in [0.25, 0.3) is 0 Å². The van der Waals surface area contributed by atoms with Gasteiger partial charge in [-0.15, -0.1) is 0 Å². The highest BCUT2D eigenvalue weighted by atomic mass is 16.6. The summed E-state index contributed by atoms with van der Waals surface area (Å²) in [6, 6.07) is 0. The maximum absolute atomic E-state index is 12.8. The molecule has 0 radical (unpaired) electrons. The number of allylic oxidation sites excluding steroid dienone is 20. The normalized spacial score (nSPS) is 13.0. The van der Waals surface area contributed by atoms with Gasteiger partial charge >= 0.3 is 17.9 Å². The van der Waals surface area contributed by atoms with Crippen molar-refractivity contribution < 1.29 is 28.6 Å². The Kier molecular flexibility index (Phi) is 55.9. The Morgan fingerprint density at radius 2 is 0.569 bits per heavy atom. The maximum Gasteiger partial charge on any atom is 0.306 e. The number of hydrogen-bond donors (Lipinski definition) is 0. The molecule has 0 N–H and O–H groups in total. The second-order valence-corrected chi connectivity index (χ2v) is 19.1. The van der Waals surface area contributed by atoms with Crippen molar-refractivity contribution in [1.29, 1.82) is 0 Å². The van der Waals surface area contributed by atoms with Crippen molar-refractivity contribution in [2.24, 2.45) is 0 Å². The van der Waals surface area contributed by atoms with E-state index in [0.717, 1.165) is 103 Å². The monoisotopic (exact) mass is 997 g/mol. The molecule has 0 heterocycles. The zero-order valence-electron chi connectivity index (χ0n) is 46.7. The molecular formula is C66H108O6. The lowest BCUT2D eigenvalue weighted by atomic mass is 10.0. The molecular weight excluding hydrogens is 889 g/mol. The van der Waals surface area contributed by atoms with E-state index in [9.17, 15) is 14.4 Å². The Bertz CT molecular complexity index is 1520. The van der Waals surface area contributed by atoms with Crippen molar-refractivity contribution >= 4 is 17.9 Å². The third kappa shape index (κ3) is 56.7. The second kappa shape index (κ2) is 59.4. The summed E-state index contributed by atoms with van der Waals surface area (Å²) in [5.74, 6) is -1.00. The molecule has 0 fully saturated rings. The lowest BCUT2D eigenvalue weighted by molar-refractivity contribution is -0.166. The van der Waals surface area contributed by atoms with E-state index in [1.807, 2.05) is 12.2 Å². The van der Waals surface area contributed by atoms with Crippen LogP contribution in [0.5, 0.6) is 0 Å². The van der Waals surface area contributed by atoms with E-state index in [-0.39, 0.29) is 31.6 Å². The topological polar surface area (TPSA) is 78.9 Å². The van der Waals surface area contributed by atoms with E-state index >= 15 is 0 Å². The van der Waals surface area contributed by atoms with Gasteiger partial charge in [-0.05, 0) is 96.3 Å². The van der Waals surface area contributed by atoms with Crippen LogP contribution in [0.2, 0.25) is 0 Å². The second-order valence-electron chi connectivity index (χ2n) is 19.1. The van der Waals surface area contributed by atoms with Crippen molar-refractivity contribution in [3.8, 4) is 0 Å². The quantitative estimate of drug-likeness (QED) is 0.0261. The average molecular weight is 998 g/mol. The van der Waals surface area contributed by atoms with Crippen LogP contribution >= 0.6 is 0 Å². The van der Waals surface area contributed by atoms with Gasteiger partial charge in [-0.3, -0.25) is 14.4 Å². The Morgan fingerprint density at radius 1 is 0.292 bits per heavy atom. The molecule has 1 atom stereocenters. The van der Waals surface area contributed by atoms with Crippen molar-refractivity contribution in [2.75, 3.05) is 13.2 Å². The summed E-state index contributed by atoms with van der Waals surface area (Å²) in [7, 11) is 0. The predicted octanol–water partition coefficient (Wildman–Crippen LogP) is 20.0. The van der Waals surface area contributed by atoms with Crippen LogP contribution in [0.25, 0.3) is 0 Å². The molecule has 0 aliphatic rings. The summed E-state index contributed by atoms with van der Waals surface area (Å²) in [5.41, 5.74) is 0. The molecule has 408 valence electrons. The Hall–Kier alpha value is -4.19. The number of rotatable bonds is 52. The van der Waals surface area contributed by atoms with Crippen LogP contribution < -0.4 is 0 Å². The molecule has 6 heteroatoms. The molecule has 0 aromatic heterocycles. The molecule has 0 saturated carbocycles. The van der Waals surface area contributed by atoms with Crippen LogP contribution in [0.15, 0.2) is 122 Å². The highest BCUT2D eigenvalue weighted by Gasteiger charge is 2.19. The Balaban J connectivity index is 4.16. The van der Waals surface area contributed by atoms with Crippen molar-refractivity contribution in [3.05, 3.63) is 122 Å². The molecule has 6 nitrogen and oxygen atoms in total. The van der Waals surface area contributed by atoms with E-state index < -0.39 is 12.1 Å². The number of ether oxygens (including phenoxy) is 3. The minimum atomic E-state index is -0.817. The summed E-state index contributed by atoms with van der Waals surface area (Å²) < 4.78 is 16.7. The average Bonchev–Trinajstić information content (AvgIpc) is 3.38. The molecule has 0 spiro atoms. The molecule has 0 aliphatic carbocycles. The zero-order chi connectivity index (χ0) is 52.2. The molecule has 0 rings (SSSR count). The number of esters is 3. The van der Waals surface area contributed by atoms with Crippen molar-refractivity contribution in [3.63, 3.8) is 0 Å². The summed E-state index contributed by atoms with van der Waals surface area (Å²) in [4.78, 5) is 37.9. The molecule has 0 aromatic rings. The lowest BCUT2D eigenvalue weighted by Crippen LogP contribution is -2.30. The molecule has 0 amide bonds. The Labute approximate surface area is 443 Å². The van der Waals surface area contributed by atoms with E-state index in [0.29, 0.717) is 19.3 Å². The van der Waals surface area contributed by atoms with Crippen LogP contribution in [-0.2, 0) is 28.6 Å². The van der Waals surface area contributed by atoms with Crippen molar-refractivity contribution in [1.82, 2.24) is 0 Å². The number of carbonyl (C=O) groups excluding carboxylic acids is 3. The van der Waals surface area contributed by atoms with Crippen LogP contribution in [0.4, 0.5) is 0 Å². The van der Waals surface area contributed by atoms with E-state index in [2.05, 4.69) is 130 Å². The van der Waals surface area contributed by atoms with E-state index in [1.165, 1.54) is 109 Å². The van der Waals surface area contributed by atoms with Gasteiger partial charge in [0.1, 0.15) is 13.2 Å². The van der Waals surface area contributed by atoms with Crippen LogP contribution in [0, 0.1) is 0 Å². The summed E-state index contributed by atoms with van der Waals surface area (Å²) >= 11 is 0. The van der Waals surface area contributed by atoms with Gasteiger partial charge in [0.2, 0.25) is 0 Å². The third-order valence-corrected chi connectivity index (χ3v) is 12.2. The molecule has 72 heavy (non-hydrogen) atoms. The molecule has 0 aromatic carbocycles. The fraction of sp³-hybridized carbons (Fsp3) is 0.652. The lowest BCUT2D eigenvalue weighted by Gasteiger charge is -2.18.